The summed E-state index contributed by atoms with van der Waals surface area (Å²) in [6.07, 6.45) is 0. The van der Waals surface area contributed by atoms with Gasteiger partial charge in [-0.05, 0) is 26.3 Å². The predicted molar refractivity (Wildman–Crippen MR) is 97.5 cm³/mol. The van der Waals surface area contributed by atoms with Crippen LogP contribution >= 0.6 is 0 Å². The van der Waals surface area contributed by atoms with Crippen LogP contribution < -0.4 is 4.72 Å². The summed E-state index contributed by atoms with van der Waals surface area (Å²) in [5.74, 6) is 0.295. The number of rotatable bonds is 6. The summed E-state index contributed by atoms with van der Waals surface area (Å²) in [4.78, 5) is 2.33. The van der Waals surface area contributed by atoms with Crippen LogP contribution in [0.25, 0.3) is 0 Å². The van der Waals surface area contributed by atoms with Crippen molar-refractivity contribution in [3.63, 3.8) is 0 Å². The van der Waals surface area contributed by atoms with Gasteiger partial charge in [0.15, 0.2) is 5.76 Å². The van der Waals surface area contributed by atoms with Crippen molar-refractivity contribution >= 4 is 10.0 Å². The number of hydrogen-bond acceptors (Lipinski definition) is 6. The van der Waals surface area contributed by atoms with Crippen LogP contribution in [0.4, 0.5) is 0 Å². The second-order valence-corrected chi connectivity index (χ2v) is 8.30. The topological polar surface area (TPSA) is 84.7 Å². The maximum Gasteiger partial charge on any atom is 0.246 e. The second kappa shape index (κ2) is 7.87. The summed E-state index contributed by atoms with van der Waals surface area (Å²) >= 11 is 0. The molecule has 142 valence electrons. The van der Waals surface area contributed by atoms with Crippen LogP contribution in [-0.4, -0.2) is 51.3 Å². The molecule has 1 unspecified atom stereocenters. The molecule has 1 aromatic carbocycles. The van der Waals surface area contributed by atoms with Gasteiger partial charge in [0.2, 0.25) is 10.0 Å². The van der Waals surface area contributed by atoms with Gasteiger partial charge >= 0.3 is 0 Å². The van der Waals surface area contributed by atoms with Crippen molar-refractivity contribution in [3.05, 3.63) is 46.8 Å². The van der Waals surface area contributed by atoms with Gasteiger partial charge in [-0.2, -0.15) is 0 Å². The largest absolute Gasteiger partial charge is 0.379 e. The average molecular weight is 379 g/mol. The van der Waals surface area contributed by atoms with Crippen LogP contribution in [-0.2, 0) is 14.8 Å². The quantitative estimate of drug-likeness (QED) is 0.826. The van der Waals surface area contributed by atoms with Crippen LogP contribution in [0.1, 0.15) is 28.6 Å². The van der Waals surface area contributed by atoms with E-state index in [9.17, 15) is 8.42 Å². The Morgan fingerprint density at radius 2 is 1.81 bits per heavy atom. The summed E-state index contributed by atoms with van der Waals surface area (Å²) in [5, 5.41) is 3.77. The maximum absolute atomic E-state index is 13.0. The number of nitrogens with one attached hydrogen (secondary N) is 1. The first-order valence-corrected chi connectivity index (χ1v) is 10.2. The Morgan fingerprint density at radius 3 is 2.38 bits per heavy atom. The number of nitrogens with zero attached hydrogens (tertiary/aromatic N) is 2. The summed E-state index contributed by atoms with van der Waals surface area (Å²) in [5.41, 5.74) is 2.42. The smallest absolute Gasteiger partial charge is 0.246 e. The molecule has 8 heteroatoms. The van der Waals surface area contributed by atoms with E-state index < -0.39 is 10.0 Å². The Morgan fingerprint density at radius 1 is 1.15 bits per heavy atom. The van der Waals surface area contributed by atoms with E-state index in [0.29, 0.717) is 31.2 Å². The first-order chi connectivity index (χ1) is 12.4. The van der Waals surface area contributed by atoms with E-state index >= 15 is 0 Å². The third kappa shape index (κ3) is 4.32. The van der Waals surface area contributed by atoms with E-state index in [-0.39, 0.29) is 10.9 Å². The zero-order valence-electron chi connectivity index (χ0n) is 15.4. The second-order valence-electron chi connectivity index (χ2n) is 6.65. The van der Waals surface area contributed by atoms with Crippen molar-refractivity contribution in [2.75, 3.05) is 32.8 Å². The monoisotopic (exact) mass is 379 g/mol. The first-order valence-electron chi connectivity index (χ1n) is 8.68. The lowest BCUT2D eigenvalue weighted by Crippen LogP contribution is -2.43. The lowest BCUT2D eigenvalue weighted by atomic mass is 10.1. The zero-order chi connectivity index (χ0) is 18.7. The highest BCUT2D eigenvalue weighted by Crippen LogP contribution is 2.23. The number of ether oxygens (including phenoxy) is 1. The third-order valence-corrected chi connectivity index (χ3v) is 6.27. The molecule has 3 rings (SSSR count). The Kier molecular flexibility index (Phi) is 5.76. The highest BCUT2D eigenvalue weighted by Gasteiger charge is 2.29. The predicted octanol–water partition coefficient (Wildman–Crippen LogP) is 1.95. The van der Waals surface area contributed by atoms with Crippen LogP contribution in [0.15, 0.2) is 33.7 Å². The molecule has 2 heterocycles. The van der Waals surface area contributed by atoms with E-state index in [2.05, 4.69) is 14.8 Å². The van der Waals surface area contributed by atoms with Crippen molar-refractivity contribution in [2.45, 2.75) is 31.7 Å². The van der Waals surface area contributed by atoms with Crippen molar-refractivity contribution < 1.29 is 17.7 Å². The number of hydrogen-bond donors (Lipinski definition) is 1. The molecule has 0 aliphatic carbocycles. The zero-order valence-corrected chi connectivity index (χ0v) is 16.2. The molecular weight excluding hydrogens is 354 g/mol. The molecule has 1 saturated heterocycles. The van der Waals surface area contributed by atoms with Gasteiger partial charge in [-0.3, -0.25) is 4.90 Å². The maximum atomic E-state index is 13.0. The highest BCUT2D eigenvalue weighted by atomic mass is 32.2. The highest BCUT2D eigenvalue weighted by molar-refractivity contribution is 7.89. The van der Waals surface area contributed by atoms with Crippen LogP contribution in [0.3, 0.4) is 0 Å². The van der Waals surface area contributed by atoms with Gasteiger partial charge in [-0.15, -0.1) is 0 Å². The standard InChI is InChI=1S/C18H25N3O4S/c1-13-4-6-16(7-5-13)17(12-21-8-10-24-11-9-21)20-26(22,23)18-14(2)19-25-15(18)3/h4-7,17,20H,8-12H2,1-3H3. The van der Waals surface area contributed by atoms with Crippen LogP contribution in [0.2, 0.25) is 0 Å². The SMILES string of the molecule is Cc1ccc(C(CN2CCOCC2)NS(=O)(=O)c2c(C)noc2C)cc1. The molecule has 26 heavy (non-hydrogen) atoms. The summed E-state index contributed by atoms with van der Waals surface area (Å²) in [6.45, 7) is 8.73. The molecule has 1 N–H and O–H groups in total. The van der Waals surface area contributed by atoms with Crippen LogP contribution in [0, 0.1) is 20.8 Å². The molecule has 0 spiro atoms. The lowest BCUT2D eigenvalue weighted by molar-refractivity contribution is 0.0345. The lowest BCUT2D eigenvalue weighted by Gasteiger charge is -2.31. The Balaban J connectivity index is 1.88. The van der Waals surface area contributed by atoms with E-state index in [1.807, 2.05) is 31.2 Å². The molecule has 1 aliphatic rings. The summed E-state index contributed by atoms with van der Waals surface area (Å²) in [6, 6.07) is 7.55. The number of aromatic nitrogens is 1. The minimum Gasteiger partial charge on any atom is -0.379 e. The molecule has 0 radical (unpaired) electrons. The first kappa shape index (κ1) is 19.0. The van der Waals surface area contributed by atoms with E-state index in [1.165, 1.54) is 0 Å². The average Bonchev–Trinajstić information content (AvgIpc) is 2.95. The van der Waals surface area contributed by atoms with Crippen molar-refractivity contribution in [2.24, 2.45) is 0 Å². The minimum atomic E-state index is -3.75. The number of aryl methyl sites for hydroxylation is 3. The van der Waals surface area contributed by atoms with Gasteiger partial charge in [0, 0.05) is 19.6 Å². The molecule has 2 aromatic rings. The van der Waals surface area contributed by atoms with Gasteiger partial charge in [0.1, 0.15) is 10.6 Å². The number of benzene rings is 1. The fraction of sp³-hybridized carbons (Fsp3) is 0.500. The third-order valence-electron chi connectivity index (χ3n) is 4.56. The summed E-state index contributed by atoms with van der Waals surface area (Å²) in [7, 11) is -3.75. The van der Waals surface area contributed by atoms with E-state index in [1.54, 1.807) is 13.8 Å². The van der Waals surface area contributed by atoms with Crippen molar-refractivity contribution in [1.82, 2.24) is 14.8 Å². The Hall–Kier alpha value is -1.74. The fourth-order valence-corrected chi connectivity index (χ4v) is 4.70. The van der Waals surface area contributed by atoms with Crippen molar-refractivity contribution in [1.29, 1.82) is 0 Å². The molecule has 7 nitrogen and oxygen atoms in total. The molecule has 0 bridgehead atoms. The Labute approximate surface area is 154 Å². The molecule has 1 aliphatic heterocycles. The van der Waals surface area contributed by atoms with Gasteiger partial charge in [-0.25, -0.2) is 13.1 Å². The molecule has 0 amide bonds. The van der Waals surface area contributed by atoms with Gasteiger partial charge in [0.25, 0.3) is 0 Å². The van der Waals surface area contributed by atoms with Gasteiger partial charge < -0.3 is 9.26 Å². The molecular formula is C18H25N3O4S. The fourth-order valence-electron chi connectivity index (χ4n) is 3.16. The number of morpholine rings is 1. The molecule has 0 saturated carbocycles. The van der Waals surface area contributed by atoms with Crippen molar-refractivity contribution in [3.8, 4) is 0 Å². The normalized spacial score (nSPS) is 17.3. The minimum absolute atomic E-state index is 0.122. The summed E-state index contributed by atoms with van der Waals surface area (Å²) < 4.78 is 39.2. The number of sulfonamides is 1. The molecule has 1 aromatic heterocycles. The van der Waals surface area contributed by atoms with Gasteiger partial charge in [0.05, 0.1) is 19.3 Å². The van der Waals surface area contributed by atoms with E-state index in [4.69, 9.17) is 9.26 Å². The van der Waals surface area contributed by atoms with Gasteiger partial charge in [-0.1, -0.05) is 35.0 Å². The Bertz CT molecular complexity index is 820. The molecule has 1 atom stereocenters. The van der Waals surface area contributed by atoms with E-state index in [0.717, 1.165) is 24.2 Å². The molecule has 1 fully saturated rings. The van der Waals surface area contributed by atoms with Crippen LogP contribution in [0.5, 0.6) is 0 Å².